The number of alkyl carbamates (subject to hydrolysis) is 2. The van der Waals surface area contributed by atoms with E-state index in [9.17, 15) is 9.59 Å². The number of hydrogen-bond acceptors (Lipinski definition) is 5. The zero-order chi connectivity index (χ0) is 15.2. The first kappa shape index (κ1) is 15.9. The fourth-order valence-electron chi connectivity index (χ4n) is 3.07. The molecule has 21 heavy (non-hydrogen) atoms. The van der Waals surface area contributed by atoms with Gasteiger partial charge in [-0.15, -0.1) is 0 Å². The topological polar surface area (TPSA) is 85.9 Å². The zero-order valence-corrected chi connectivity index (χ0v) is 12.6. The lowest BCUT2D eigenvalue weighted by Crippen LogP contribution is -2.37. The lowest BCUT2D eigenvalue weighted by Gasteiger charge is -2.27. The van der Waals surface area contributed by atoms with Gasteiger partial charge in [0.15, 0.2) is 0 Å². The molecule has 2 rings (SSSR count). The lowest BCUT2D eigenvalue weighted by molar-refractivity contribution is 0.0682. The number of hydrogen-bond donors (Lipinski definition) is 2. The van der Waals surface area contributed by atoms with Crippen LogP contribution in [0.2, 0.25) is 0 Å². The Morgan fingerprint density at radius 2 is 1.38 bits per heavy atom. The largest absolute Gasteiger partial charge is 0.449 e. The Balaban J connectivity index is 1.82. The second-order valence-electron chi connectivity index (χ2n) is 5.38. The molecule has 2 N–H and O–H groups in total. The predicted octanol–water partition coefficient (Wildman–Crippen LogP) is 1.27. The molecule has 0 spiro atoms. The maximum absolute atomic E-state index is 11.4. The van der Waals surface area contributed by atoms with Gasteiger partial charge >= 0.3 is 12.2 Å². The third kappa shape index (κ3) is 4.00. The molecule has 0 radical (unpaired) electrons. The van der Waals surface area contributed by atoms with Crippen molar-refractivity contribution in [1.82, 2.24) is 10.6 Å². The second-order valence-corrected chi connectivity index (χ2v) is 5.38. The van der Waals surface area contributed by atoms with Gasteiger partial charge in [-0.3, -0.25) is 0 Å². The standard InChI is InChI=1S/C14H24N2O5/c1-3-15-13(17)19-7-9-10(8-20-14(18)16-4-2)12-6-5-11(9)21-12/h9-12H,3-8H2,1-2H3,(H,15,17)(H,16,18)/t9-,10+,11-,12-/m0/s1. The monoisotopic (exact) mass is 300 g/mol. The molecule has 2 amide bonds. The maximum Gasteiger partial charge on any atom is 0.407 e. The Morgan fingerprint density at radius 3 is 1.76 bits per heavy atom. The first-order chi connectivity index (χ1) is 10.2. The Labute approximate surface area is 124 Å². The first-order valence-electron chi connectivity index (χ1n) is 7.62. The highest BCUT2D eigenvalue weighted by Gasteiger charge is 2.49. The highest BCUT2D eigenvalue weighted by molar-refractivity contribution is 5.67. The molecule has 0 aromatic heterocycles. The van der Waals surface area contributed by atoms with Gasteiger partial charge in [-0.2, -0.15) is 0 Å². The maximum atomic E-state index is 11.4. The van der Waals surface area contributed by atoms with Crippen LogP contribution >= 0.6 is 0 Å². The summed E-state index contributed by atoms with van der Waals surface area (Å²) in [6.07, 6.45) is 1.34. The average Bonchev–Trinajstić information content (AvgIpc) is 3.04. The highest BCUT2D eigenvalue weighted by atomic mass is 16.6. The summed E-state index contributed by atoms with van der Waals surface area (Å²) in [4.78, 5) is 22.8. The summed E-state index contributed by atoms with van der Waals surface area (Å²) in [6.45, 7) is 5.36. The molecule has 120 valence electrons. The minimum Gasteiger partial charge on any atom is -0.449 e. The summed E-state index contributed by atoms with van der Waals surface area (Å²) in [7, 11) is 0. The van der Waals surface area contributed by atoms with E-state index in [-0.39, 0.29) is 24.0 Å². The van der Waals surface area contributed by atoms with Gasteiger partial charge in [0.2, 0.25) is 0 Å². The molecule has 2 heterocycles. The molecular formula is C14H24N2O5. The van der Waals surface area contributed by atoms with Crippen molar-refractivity contribution < 1.29 is 23.8 Å². The van der Waals surface area contributed by atoms with Crippen molar-refractivity contribution in [2.24, 2.45) is 11.8 Å². The van der Waals surface area contributed by atoms with E-state index in [4.69, 9.17) is 14.2 Å². The molecule has 7 nitrogen and oxygen atoms in total. The van der Waals surface area contributed by atoms with Crippen LogP contribution in [0.5, 0.6) is 0 Å². The van der Waals surface area contributed by atoms with E-state index in [0.717, 1.165) is 12.8 Å². The van der Waals surface area contributed by atoms with Gasteiger partial charge in [-0.1, -0.05) is 0 Å². The van der Waals surface area contributed by atoms with E-state index in [0.29, 0.717) is 26.3 Å². The van der Waals surface area contributed by atoms with Crippen molar-refractivity contribution in [2.45, 2.75) is 38.9 Å². The molecule has 4 atom stereocenters. The average molecular weight is 300 g/mol. The van der Waals surface area contributed by atoms with Crippen LogP contribution in [0.25, 0.3) is 0 Å². The van der Waals surface area contributed by atoms with E-state index in [2.05, 4.69) is 10.6 Å². The van der Waals surface area contributed by atoms with E-state index >= 15 is 0 Å². The number of carbonyl (C=O) groups is 2. The molecule has 0 aliphatic carbocycles. The second kappa shape index (κ2) is 7.49. The molecule has 0 aromatic rings. The molecule has 2 aliphatic rings. The lowest BCUT2D eigenvalue weighted by atomic mass is 9.80. The molecule has 2 saturated heterocycles. The molecule has 7 heteroatoms. The van der Waals surface area contributed by atoms with Gasteiger partial charge in [-0.25, -0.2) is 9.59 Å². The molecular weight excluding hydrogens is 276 g/mol. The van der Waals surface area contributed by atoms with Gasteiger partial charge in [0, 0.05) is 24.9 Å². The van der Waals surface area contributed by atoms with Gasteiger partial charge in [0.25, 0.3) is 0 Å². The van der Waals surface area contributed by atoms with Crippen LogP contribution in [0.4, 0.5) is 9.59 Å². The number of ether oxygens (including phenoxy) is 3. The van der Waals surface area contributed by atoms with Crippen LogP contribution in [0.1, 0.15) is 26.7 Å². The molecule has 0 saturated carbocycles. The van der Waals surface area contributed by atoms with E-state index in [1.54, 1.807) is 0 Å². The fourth-order valence-corrected chi connectivity index (χ4v) is 3.07. The Hall–Kier alpha value is -1.50. The number of fused-ring (bicyclic) bond motifs is 2. The van der Waals surface area contributed by atoms with Crippen LogP contribution in [0.15, 0.2) is 0 Å². The summed E-state index contributed by atoms with van der Waals surface area (Å²) in [5.74, 6) is 0.196. The summed E-state index contributed by atoms with van der Waals surface area (Å²) >= 11 is 0. The molecule has 2 aliphatic heterocycles. The van der Waals surface area contributed by atoms with Crippen molar-refractivity contribution in [2.75, 3.05) is 26.3 Å². The number of amides is 2. The SMILES string of the molecule is CCNC(=O)OC[C@@H]1[C@H](COC(=O)NCC)[C@@H]2CC[C@@H]1O2. The molecule has 0 unspecified atom stereocenters. The summed E-state index contributed by atoms with van der Waals surface area (Å²) in [5, 5.41) is 5.20. The van der Waals surface area contributed by atoms with Crippen molar-refractivity contribution in [3.8, 4) is 0 Å². The van der Waals surface area contributed by atoms with Crippen LogP contribution in [0, 0.1) is 11.8 Å². The fraction of sp³-hybridized carbons (Fsp3) is 0.857. The first-order valence-corrected chi connectivity index (χ1v) is 7.62. The molecule has 2 fully saturated rings. The predicted molar refractivity (Wildman–Crippen MR) is 74.9 cm³/mol. The third-order valence-electron chi connectivity index (χ3n) is 4.05. The number of nitrogens with one attached hydrogen (secondary N) is 2. The minimum absolute atomic E-state index is 0.0979. The van der Waals surface area contributed by atoms with E-state index < -0.39 is 12.2 Å². The van der Waals surface area contributed by atoms with Gasteiger partial charge in [0.05, 0.1) is 25.4 Å². The molecule has 2 bridgehead atoms. The van der Waals surface area contributed by atoms with E-state index in [1.165, 1.54) is 0 Å². The normalized spacial score (nSPS) is 30.0. The van der Waals surface area contributed by atoms with E-state index in [1.807, 2.05) is 13.8 Å². The minimum atomic E-state index is -0.413. The number of rotatable bonds is 6. The Bertz CT molecular complexity index is 342. The van der Waals surface area contributed by atoms with Gasteiger partial charge in [0.1, 0.15) is 0 Å². The van der Waals surface area contributed by atoms with Crippen molar-refractivity contribution >= 4 is 12.2 Å². The summed E-state index contributed by atoms with van der Waals surface area (Å²) < 4.78 is 16.3. The van der Waals surface area contributed by atoms with Crippen LogP contribution in [-0.4, -0.2) is 50.7 Å². The quantitative estimate of drug-likeness (QED) is 0.771. The van der Waals surface area contributed by atoms with Gasteiger partial charge in [-0.05, 0) is 26.7 Å². The van der Waals surface area contributed by atoms with Crippen molar-refractivity contribution in [3.63, 3.8) is 0 Å². The zero-order valence-electron chi connectivity index (χ0n) is 12.6. The Kier molecular flexibility index (Phi) is 5.67. The highest BCUT2D eigenvalue weighted by Crippen LogP contribution is 2.43. The van der Waals surface area contributed by atoms with Crippen LogP contribution < -0.4 is 10.6 Å². The smallest absolute Gasteiger partial charge is 0.407 e. The van der Waals surface area contributed by atoms with Crippen molar-refractivity contribution in [3.05, 3.63) is 0 Å². The third-order valence-corrected chi connectivity index (χ3v) is 4.05. The molecule has 0 aromatic carbocycles. The van der Waals surface area contributed by atoms with Gasteiger partial charge < -0.3 is 24.8 Å². The Morgan fingerprint density at radius 1 is 0.952 bits per heavy atom. The van der Waals surface area contributed by atoms with Crippen molar-refractivity contribution in [1.29, 1.82) is 0 Å². The summed E-state index contributed by atoms with van der Waals surface area (Å²) in [6, 6.07) is 0. The number of carbonyl (C=O) groups excluding carboxylic acids is 2. The summed E-state index contributed by atoms with van der Waals surface area (Å²) in [5.41, 5.74) is 0. The van der Waals surface area contributed by atoms with Crippen LogP contribution in [0.3, 0.4) is 0 Å². The van der Waals surface area contributed by atoms with Crippen LogP contribution in [-0.2, 0) is 14.2 Å².